The molecule has 10 heteroatoms. The number of carbonyl (C=O) groups is 1. The first-order valence-corrected chi connectivity index (χ1v) is 23.1. The van der Waals surface area contributed by atoms with Gasteiger partial charge in [0.05, 0.1) is 11.8 Å². The molecule has 0 radical (unpaired) electrons. The Morgan fingerprint density at radius 3 is 1.61 bits per heavy atom. The van der Waals surface area contributed by atoms with Gasteiger partial charge in [-0.1, -0.05) is 101 Å². The molecule has 2 amide bonds. The number of rotatable bonds is 8. The average Bonchev–Trinajstić information content (AvgIpc) is 3.15. The third-order valence-electron chi connectivity index (χ3n) is 11.4. The molecule has 2 saturated carbocycles. The first-order chi connectivity index (χ1) is 26.6. The maximum Gasteiger partial charge on any atom is 0.323 e. The van der Waals surface area contributed by atoms with Gasteiger partial charge in [0.2, 0.25) is 0 Å². The lowest BCUT2D eigenvalue weighted by Crippen LogP contribution is -2.22. The maximum absolute atomic E-state index is 12.7. The Bertz CT molecular complexity index is 1860. The first kappa shape index (κ1) is 46.3. The van der Waals surface area contributed by atoms with E-state index in [0.29, 0.717) is 5.92 Å². The highest BCUT2D eigenvalue weighted by Gasteiger charge is 2.21. The van der Waals surface area contributed by atoms with E-state index in [4.69, 9.17) is 11.5 Å². The van der Waals surface area contributed by atoms with Gasteiger partial charge in [0.1, 0.15) is 0 Å². The molecule has 6 rings (SSSR count). The highest BCUT2D eigenvalue weighted by atomic mass is 79.9. The smallest absolute Gasteiger partial charge is 0.323 e. The van der Waals surface area contributed by atoms with Gasteiger partial charge in [0, 0.05) is 35.0 Å². The van der Waals surface area contributed by atoms with Crippen molar-refractivity contribution in [2.45, 2.75) is 118 Å². The number of para-hydroxylation sites is 2. The van der Waals surface area contributed by atoms with Gasteiger partial charge < -0.3 is 27.2 Å². The quantitative estimate of drug-likeness (QED) is 0.113. The fourth-order valence-corrected chi connectivity index (χ4v) is 10.4. The van der Waals surface area contributed by atoms with Gasteiger partial charge in [-0.15, -0.1) is 0 Å². The van der Waals surface area contributed by atoms with Crippen LogP contribution in [-0.4, -0.2) is 17.2 Å². The molecule has 2 fully saturated rings. The van der Waals surface area contributed by atoms with Gasteiger partial charge in [-0.05, 0) is 186 Å². The number of benzene rings is 4. The molecule has 304 valence electrons. The zero-order valence-electron chi connectivity index (χ0n) is 33.6. The molecule has 0 spiro atoms. The first-order valence-electron chi connectivity index (χ1n) is 20.0. The number of aliphatic hydroxyl groups is 1. The van der Waals surface area contributed by atoms with E-state index in [1.165, 1.54) is 37.7 Å². The van der Waals surface area contributed by atoms with E-state index in [-0.39, 0.29) is 12.1 Å². The summed E-state index contributed by atoms with van der Waals surface area (Å²) in [7, 11) is 0. The normalized spacial score (nSPS) is 19.2. The Labute approximate surface area is 369 Å². The lowest BCUT2D eigenvalue weighted by atomic mass is 9.80. The number of urea groups is 1. The van der Waals surface area contributed by atoms with Crippen LogP contribution in [0.3, 0.4) is 0 Å². The number of aliphatic hydroxyl groups excluding tert-OH is 1. The second-order valence-electron chi connectivity index (χ2n) is 15.9. The average molecular weight is 1020 g/mol. The molecular formula is C46H60Br4N4O2. The van der Waals surface area contributed by atoms with Crippen molar-refractivity contribution in [3.63, 3.8) is 0 Å². The highest BCUT2D eigenvalue weighted by Crippen LogP contribution is 2.36. The number of hydrogen-bond acceptors (Lipinski definition) is 4. The van der Waals surface area contributed by atoms with E-state index >= 15 is 0 Å². The number of carbonyl (C=O) groups excluding carboxylic acids is 1. The van der Waals surface area contributed by atoms with Crippen LogP contribution >= 0.6 is 63.7 Å². The van der Waals surface area contributed by atoms with Crippen LogP contribution in [-0.2, 0) is 12.8 Å². The molecule has 0 aliphatic heterocycles. The number of aryl methyl sites for hydroxylation is 6. The van der Waals surface area contributed by atoms with Crippen LogP contribution in [0.15, 0.2) is 78.6 Å². The molecule has 0 unspecified atom stereocenters. The maximum atomic E-state index is 12.7. The number of nitrogens with one attached hydrogen (secondary N) is 2. The van der Waals surface area contributed by atoms with E-state index in [9.17, 15) is 9.90 Å². The molecule has 0 saturated heterocycles. The van der Waals surface area contributed by atoms with Crippen LogP contribution in [0.1, 0.15) is 105 Å². The van der Waals surface area contributed by atoms with Gasteiger partial charge in [-0.25, -0.2) is 4.79 Å². The van der Waals surface area contributed by atoms with Crippen molar-refractivity contribution in [2.24, 2.45) is 17.8 Å². The van der Waals surface area contributed by atoms with E-state index in [1.807, 2.05) is 76.2 Å². The summed E-state index contributed by atoms with van der Waals surface area (Å²) in [5.41, 5.74) is 22.1. The zero-order chi connectivity index (χ0) is 40.9. The van der Waals surface area contributed by atoms with Crippen molar-refractivity contribution < 1.29 is 9.90 Å². The standard InChI is InChI=1S/C23H28Br2N2O2.C15H21Br2N.C8H11N/c1-14-4-3-5-15(2)21(14)26-23(29)27-22-17(12-18(24)13-20(22)25)9-6-16-7-10-19(28)11-8-16;1-10-2-4-11(5-3-10)6-7-12-8-13(16)9-14(17)15(12)18;1-6-4-3-5-7(2)8(6)9/h3-5,12-13,16,19,28H,6-11H2,1-2H3,(H2,26,27,29);8-11H,2-7,18H2,1H3;3-5H,9H2,1-2H3. The van der Waals surface area contributed by atoms with Gasteiger partial charge in [-0.2, -0.15) is 0 Å². The summed E-state index contributed by atoms with van der Waals surface area (Å²) in [6.07, 6.45) is 13.8. The van der Waals surface area contributed by atoms with Gasteiger partial charge in [0.25, 0.3) is 0 Å². The minimum absolute atomic E-state index is 0.128. The second kappa shape index (κ2) is 22.7. The number of hydrogen-bond donors (Lipinski definition) is 5. The molecule has 0 atom stereocenters. The Morgan fingerprint density at radius 1 is 0.625 bits per heavy atom. The summed E-state index contributed by atoms with van der Waals surface area (Å²) >= 11 is 14.2. The van der Waals surface area contributed by atoms with Crippen molar-refractivity contribution in [1.82, 2.24) is 0 Å². The molecule has 0 heterocycles. The van der Waals surface area contributed by atoms with Gasteiger partial charge in [0.15, 0.2) is 0 Å². The minimum atomic E-state index is -0.243. The Hall–Kier alpha value is -2.37. The van der Waals surface area contributed by atoms with Crippen LogP contribution in [0, 0.1) is 45.4 Å². The molecule has 0 bridgehead atoms. The van der Waals surface area contributed by atoms with Crippen molar-refractivity contribution in [1.29, 1.82) is 0 Å². The lowest BCUT2D eigenvalue weighted by molar-refractivity contribution is 0.106. The van der Waals surface area contributed by atoms with Crippen LogP contribution in [0.25, 0.3) is 0 Å². The van der Waals surface area contributed by atoms with E-state index in [2.05, 4.69) is 93.4 Å². The summed E-state index contributed by atoms with van der Waals surface area (Å²) in [4.78, 5) is 12.7. The molecule has 2 aliphatic carbocycles. The molecule has 6 nitrogen and oxygen atoms in total. The second-order valence-corrected chi connectivity index (χ2v) is 19.5. The van der Waals surface area contributed by atoms with Crippen LogP contribution < -0.4 is 22.1 Å². The van der Waals surface area contributed by atoms with Crippen molar-refractivity contribution in [3.05, 3.63) is 112 Å². The van der Waals surface area contributed by atoms with Crippen LogP contribution in [0.2, 0.25) is 0 Å². The number of nitrogens with two attached hydrogens (primary N) is 2. The molecule has 0 aromatic heterocycles. The summed E-state index contributed by atoms with van der Waals surface area (Å²) in [5.74, 6) is 2.47. The molecule has 4 aromatic rings. The summed E-state index contributed by atoms with van der Waals surface area (Å²) in [6, 6.07) is 20.0. The monoisotopic (exact) mass is 1020 g/mol. The summed E-state index contributed by atoms with van der Waals surface area (Å²) in [5, 5.41) is 15.8. The Kier molecular flexibility index (Phi) is 18.8. The predicted octanol–water partition coefficient (Wildman–Crippen LogP) is 14.4. The summed E-state index contributed by atoms with van der Waals surface area (Å²) < 4.78 is 3.96. The van der Waals surface area contributed by atoms with Crippen LogP contribution in [0.5, 0.6) is 0 Å². The molecule has 7 N–H and O–H groups in total. The van der Waals surface area contributed by atoms with E-state index in [1.54, 1.807) is 0 Å². The third kappa shape index (κ3) is 14.5. The largest absolute Gasteiger partial charge is 0.398 e. The minimum Gasteiger partial charge on any atom is -0.398 e. The summed E-state index contributed by atoms with van der Waals surface area (Å²) in [6.45, 7) is 10.4. The Balaban J connectivity index is 0.000000217. The molecule has 2 aliphatic rings. The number of halogens is 4. The number of anilines is 4. The Morgan fingerprint density at radius 2 is 1.07 bits per heavy atom. The van der Waals surface area contributed by atoms with Crippen molar-refractivity contribution >= 4 is 92.5 Å². The fraction of sp³-hybridized carbons (Fsp3) is 0.457. The number of nitrogen functional groups attached to an aromatic ring is 2. The topological polar surface area (TPSA) is 113 Å². The van der Waals surface area contributed by atoms with E-state index < -0.39 is 0 Å². The highest BCUT2D eigenvalue weighted by molar-refractivity contribution is 9.11. The molecule has 56 heavy (non-hydrogen) atoms. The molecule has 4 aromatic carbocycles. The zero-order valence-corrected chi connectivity index (χ0v) is 39.9. The van der Waals surface area contributed by atoms with E-state index in [0.717, 1.165) is 125 Å². The third-order valence-corrected chi connectivity index (χ3v) is 13.6. The number of amides is 2. The van der Waals surface area contributed by atoms with Crippen molar-refractivity contribution in [2.75, 3.05) is 22.1 Å². The fourth-order valence-electron chi connectivity index (χ4n) is 7.68. The molecular weight excluding hydrogens is 960 g/mol. The lowest BCUT2D eigenvalue weighted by Gasteiger charge is -2.26. The van der Waals surface area contributed by atoms with Gasteiger partial charge in [-0.3, -0.25) is 0 Å². The van der Waals surface area contributed by atoms with Crippen molar-refractivity contribution in [3.8, 4) is 0 Å². The predicted molar refractivity (Wildman–Crippen MR) is 253 cm³/mol. The van der Waals surface area contributed by atoms with Crippen LogP contribution in [0.4, 0.5) is 27.5 Å². The van der Waals surface area contributed by atoms with Gasteiger partial charge >= 0.3 is 6.03 Å². The SMILES string of the molecule is CC1CCC(CCc2cc(Br)cc(Br)c2N)CC1.Cc1cccc(C)c1N.Cc1cccc(C)c1NC(=O)Nc1c(Br)cc(Br)cc1CCC1CCC(O)CC1.